The molecule has 1 aliphatic heterocycles. The van der Waals surface area contributed by atoms with Crippen LogP contribution in [0.3, 0.4) is 0 Å². The minimum atomic E-state index is 0.702. The zero-order valence-electron chi connectivity index (χ0n) is 11.0. The lowest BCUT2D eigenvalue weighted by Crippen LogP contribution is -2.42. The molecule has 2 atom stereocenters. The van der Waals surface area contributed by atoms with E-state index in [0.29, 0.717) is 6.04 Å². The van der Waals surface area contributed by atoms with Crippen LogP contribution in [0.2, 0.25) is 0 Å². The SMILES string of the molecule is CC1CNC(C)CCN(CCCC2CC2)C1. The summed E-state index contributed by atoms with van der Waals surface area (Å²) in [5.41, 5.74) is 0. The first-order valence-corrected chi connectivity index (χ1v) is 7.20. The summed E-state index contributed by atoms with van der Waals surface area (Å²) in [5, 5.41) is 3.61. The van der Waals surface area contributed by atoms with Gasteiger partial charge in [-0.2, -0.15) is 0 Å². The van der Waals surface area contributed by atoms with E-state index in [1.807, 2.05) is 0 Å². The smallest absolute Gasteiger partial charge is 0.00510 e. The summed E-state index contributed by atoms with van der Waals surface area (Å²) in [6.07, 6.45) is 7.25. The predicted molar refractivity (Wildman–Crippen MR) is 69.6 cm³/mol. The van der Waals surface area contributed by atoms with Crippen molar-refractivity contribution in [2.45, 2.75) is 52.0 Å². The van der Waals surface area contributed by atoms with Gasteiger partial charge in [-0.05, 0) is 57.7 Å². The third-order valence-corrected chi connectivity index (χ3v) is 4.05. The standard InChI is InChI=1S/C14H28N2/c1-12-10-15-13(2)7-9-16(11-12)8-3-4-14-5-6-14/h12-15H,3-11H2,1-2H3. The average Bonchev–Trinajstić information content (AvgIpc) is 3.04. The van der Waals surface area contributed by atoms with Gasteiger partial charge >= 0.3 is 0 Å². The van der Waals surface area contributed by atoms with Crippen molar-refractivity contribution >= 4 is 0 Å². The van der Waals surface area contributed by atoms with Crippen molar-refractivity contribution in [2.75, 3.05) is 26.2 Å². The number of nitrogens with one attached hydrogen (secondary N) is 1. The average molecular weight is 224 g/mol. The molecule has 2 aliphatic rings. The molecule has 0 aromatic rings. The normalized spacial score (nSPS) is 33.4. The Morgan fingerprint density at radius 1 is 1.19 bits per heavy atom. The summed E-state index contributed by atoms with van der Waals surface area (Å²) >= 11 is 0. The molecule has 1 saturated heterocycles. The minimum Gasteiger partial charge on any atom is -0.314 e. The van der Waals surface area contributed by atoms with Gasteiger partial charge in [0.1, 0.15) is 0 Å². The molecule has 0 spiro atoms. The molecule has 0 amide bonds. The monoisotopic (exact) mass is 224 g/mol. The Morgan fingerprint density at radius 2 is 2.00 bits per heavy atom. The molecule has 2 heteroatoms. The van der Waals surface area contributed by atoms with E-state index in [9.17, 15) is 0 Å². The van der Waals surface area contributed by atoms with Crippen LogP contribution in [0.5, 0.6) is 0 Å². The quantitative estimate of drug-likeness (QED) is 0.789. The van der Waals surface area contributed by atoms with E-state index in [2.05, 4.69) is 24.1 Å². The first-order valence-electron chi connectivity index (χ1n) is 7.20. The lowest BCUT2D eigenvalue weighted by atomic mass is 10.1. The predicted octanol–water partition coefficient (Wildman–Crippen LogP) is 2.50. The van der Waals surface area contributed by atoms with Crippen LogP contribution < -0.4 is 5.32 Å². The van der Waals surface area contributed by atoms with Crippen LogP contribution in [0.1, 0.15) is 46.0 Å². The van der Waals surface area contributed by atoms with Gasteiger partial charge in [0, 0.05) is 12.6 Å². The molecule has 0 aromatic carbocycles. The maximum Gasteiger partial charge on any atom is 0.00510 e. The second kappa shape index (κ2) is 6.02. The molecule has 94 valence electrons. The molecule has 2 rings (SSSR count). The van der Waals surface area contributed by atoms with Crippen molar-refractivity contribution < 1.29 is 0 Å². The van der Waals surface area contributed by atoms with Crippen LogP contribution in [0.4, 0.5) is 0 Å². The van der Waals surface area contributed by atoms with Gasteiger partial charge < -0.3 is 10.2 Å². The number of rotatable bonds is 4. The fourth-order valence-corrected chi connectivity index (χ4v) is 2.69. The summed E-state index contributed by atoms with van der Waals surface area (Å²) in [6, 6.07) is 0.702. The van der Waals surface area contributed by atoms with Crippen molar-refractivity contribution in [1.82, 2.24) is 10.2 Å². The summed E-state index contributed by atoms with van der Waals surface area (Å²) < 4.78 is 0. The first kappa shape index (κ1) is 12.4. The Hall–Kier alpha value is -0.0800. The van der Waals surface area contributed by atoms with E-state index < -0.39 is 0 Å². The minimum absolute atomic E-state index is 0.702. The zero-order chi connectivity index (χ0) is 11.4. The van der Waals surface area contributed by atoms with Crippen LogP contribution in [0.15, 0.2) is 0 Å². The molecule has 1 heterocycles. The fourth-order valence-electron chi connectivity index (χ4n) is 2.69. The fraction of sp³-hybridized carbons (Fsp3) is 1.00. The van der Waals surface area contributed by atoms with Crippen molar-refractivity contribution in [3.63, 3.8) is 0 Å². The van der Waals surface area contributed by atoms with Gasteiger partial charge in [0.05, 0.1) is 0 Å². The lowest BCUT2D eigenvalue weighted by Gasteiger charge is -2.31. The van der Waals surface area contributed by atoms with E-state index in [4.69, 9.17) is 0 Å². The molecule has 2 fully saturated rings. The molecule has 16 heavy (non-hydrogen) atoms. The van der Waals surface area contributed by atoms with Gasteiger partial charge in [-0.1, -0.05) is 19.8 Å². The molecule has 1 aliphatic carbocycles. The Labute approximate surface area is 101 Å². The third kappa shape index (κ3) is 4.42. The molecule has 1 saturated carbocycles. The van der Waals surface area contributed by atoms with Gasteiger partial charge in [0.15, 0.2) is 0 Å². The maximum atomic E-state index is 3.61. The summed E-state index contributed by atoms with van der Waals surface area (Å²) in [5.74, 6) is 1.91. The van der Waals surface area contributed by atoms with E-state index >= 15 is 0 Å². The Kier molecular flexibility index (Phi) is 4.66. The highest BCUT2D eigenvalue weighted by Gasteiger charge is 2.21. The Bertz CT molecular complexity index is 201. The van der Waals surface area contributed by atoms with Gasteiger partial charge in [0.25, 0.3) is 0 Å². The van der Waals surface area contributed by atoms with Crippen LogP contribution in [0.25, 0.3) is 0 Å². The van der Waals surface area contributed by atoms with Gasteiger partial charge in [-0.15, -0.1) is 0 Å². The largest absolute Gasteiger partial charge is 0.314 e. The lowest BCUT2D eigenvalue weighted by molar-refractivity contribution is 0.198. The molecule has 0 aromatic heterocycles. The molecule has 2 unspecified atom stereocenters. The van der Waals surface area contributed by atoms with Crippen molar-refractivity contribution in [3.8, 4) is 0 Å². The van der Waals surface area contributed by atoms with Gasteiger partial charge in [-0.25, -0.2) is 0 Å². The van der Waals surface area contributed by atoms with Crippen LogP contribution in [-0.2, 0) is 0 Å². The number of hydrogen-bond donors (Lipinski definition) is 1. The Balaban J connectivity index is 1.67. The van der Waals surface area contributed by atoms with Crippen molar-refractivity contribution in [1.29, 1.82) is 0 Å². The van der Waals surface area contributed by atoms with E-state index in [1.165, 1.54) is 58.3 Å². The third-order valence-electron chi connectivity index (χ3n) is 4.05. The topological polar surface area (TPSA) is 15.3 Å². The van der Waals surface area contributed by atoms with Gasteiger partial charge in [0.2, 0.25) is 0 Å². The van der Waals surface area contributed by atoms with E-state index in [-0.39, 0.29) is 0 Å². The second-order valence-electron chi connectivity index (χ2n) is 6.09. The first-order chi connectivity index (χ1) is 7.74. The van der Waals surface area contributed by atoms with E-state index in [1.54, 1.807) is 0 Å². The highest BCUT2D eigenvalue weighted by molar-refractivity contribution is 4.76. The molecular weight excluding hydrogens is 196 g/mol. The van der Waals surface area contributed by atoms with Crippen LogP contribution in [0, 0.1) is 11.8 Å². The summed E-state index contributed by atoms with van der Waals surface area (Å²) in [6.45, 7) is 9.82. The number of hydrogen-bond acceptors (Lipinski definition) is 2. The Morgan fingerprint density at radius 3 is 2.75 bits per heavy atom. The molecule has 2 nitrogen and oxygen atoms in total. The zero-order valence-corrected chi connectivity index (χ0v) is 11.0. The van der Waals surface area contributed by atoms with Crippen molar-refractivity contribution in [2.24, 2.45) is 11.8 Å². The highest BCUT2D eigenvalue weighted by Crippen LogP contribution is 2.33. The molecule has 0 bridgehead atoms. The summed E-state index contributed by atoms with van der Waals surface area (Å²) in [7, 11) is 0. The van der Waals surface area contributed by atoms with Gasteiger partial charge in [-0.3, -0.25) is 0 Å². The molecule has 0 radical (unpaired) electrons. The van der Waals surface area contributed by atoms with E-state index in [0.717, 1.165) is 11.8 Å². The van der Waals surface area contributed by atoms with Crippen LogP contribution >= 0.6 is 0 Å². The maximum absolute atomic E-state index is 3.61. The summed E-state index contributed by atoms with van der Waals surface area (Å²) in [4.78, 5) is 2.70. The van der Waals surface area contributed by atoms with Crippen LogP contribution in [-0.4, -0.2) is 37.1 Å². The van der Waals surface area contributed by atoms with Crippen molar-refractivity contribution in [3.05, 3.63) is 0 Å². The second-order valence-corrected chi connectivity index (χ2v) is 6.09. The highest BCUT2D eigenvalue weighted by atomic mass is 15.1. The molecule has 1 N–H and O–H groups in total. The number of nitrogens with zero attached hydrogens (tertiary/aromatic N) is 1. The molecular formula is C14H28N2.